The first kappa shape index (κ1) is 33.8. The highest BCUT2D eigenvalue weighted by Crippen LogP contribution is 2.44. The monoisotopic (exact) mass is 652 g/mol. The van der Waals surface area contributed by atoms with Crippen LogP contribution < -0.4 is 9.80 Å². The third kappa shape index (κ3) is 7.61. The molecule has 1 aromatic heterocycles. The molecule has 1 aliphatic heterocycles. The van der Waals surface area contributed by atoms with E-state index in [2.05, 4.69) is 15.4 Å². The largest absolute Gasteiger partial charge is 0.446 e. The number of hydrogen-bond donors (Lipinski definition) is 0. The molecule has 0 N–H and O–H groups in total. The maximum Gasteiger partial charge on any atom is 0.416 e. The van der Waals surface area contributed by atoms with Crippen LogP contribution in [-0.2, 0) is 43.3 Å². The highest BCUT2D eigenvalue weighted by molar-refractivity contribution is 5.89. The van der Waals surface area contributed by atoms with Gasteiger partial charge in [0.2, 0.25) is 0 Å². The first-order valence-corrected chi connectivity index (χ1v) is 13.8. The zero-order valence-electron chi connectivity index (χ0n) is 24.5. The Labute approximate surface area is 251 Å². The van der Waals surface area contributed by atoms with Crippen LogP contribution in [0, 0.1) is 0 Å². The third-order valence-corrected chi connectivity index (χ3v) is 7.14. The zero-order chi connectivity index (χ0) is 33.5. The Kier molecular flexibility index (Phi) is 9.31. The number of halogens is 9. The number of aryl methyl sites for hydroxylation is 2. The Balaban J connectivity index is 1.95. The van der Waals surface area contributed by atoms with E-state index in [-0.39, 0.29) is 54.6 Å². The first-order chi connectivity index (χ1) is 20.8. The van der Waals surface area contributed by atoms with Crippen molar-refractivity contribution in [3.05, 3.63) is 63.7 Å². The van der Waals surface area contributed by atoms with E-state index in [4.69, 9.17) is 4.74 Å². The number of carbonyl (C=O) groups is 1. The molecular formula is C28H29F9N6O2. The lowest BCUT2D eigenvalue weighted by Gasteiger charge is -2.33. The first-order valence-electron chi connectivity index (χ1n) is 13.8. The average molecular weight is 653 g/mol. The van der Waals surface area contributed by atoms with Crippen LogP contribution in [-0.4, -0.2) is 38.9 Å². The maximum absolute atomic E-state index is 14.2. The molecule has 246 valence electrons. The Hall–Kier alpha value is -4.05. The predicted octanol–water partition coefficient (Wildman–Crippen LogP) is 7.72. The molecule has 0 radical (unpaired) electrons. The van der Waals surface area contributed by atoms with Crippen molar-refractivity contribution < 1.29 is 49.0 Å². The summed E-state index contributed by atoms with van der Waals surface area (Å²) in [6, 6.07) is 2.19. The Morgan fingerprint density at radius 1 is 0.978 bits per heavy atom. The van der Waals surface area contributed by atoms with E-state index in [1.165, 1.54) is 24.9 Å². The molecule has 45 heavy (non-hydrogen) atoms. The molecule has 0 saturated carbocycles. The Bertz CT molecular complexity index is 1500. The van der Waals surface area contributed by atoms with Crippen LogP contribution in [0.1, 0.15) is 73.0 Å². The van der Waals surface area contributed by atoms with Gasteiger partial charge >= 0.3 is 24.6 Å². The van der Waals surface area contributed by atoms with E-state index < -0.39 is 65.6 Å². The summed E-state index contributed by atoms with van der Waals surface area (Å²) in [6.07, 6.45) is -16.3. The fourth-order valence-corrected chi connectivity index (χ4v) is 5.22. The second-order valence-corrected chi connectivity index (χ2v) is 10.8. The average Bonchev–Trinajstić information content (AvgIpc) is 3.26. The van der Waals surface area contributed by atoms with Crippen molar-refractivity contribution in [1.82, 2.24) is 20.2 Å². The van der Waals surface area contributed by atoms with E-state index in [1.54, 1.807) is 13.8 Å². The molecule has 4 rings (SSSR count). The van der Waals surface area contributed by atoms with Crippen LogP contribution in [0.15, 0.2) is 30.3 Å². The summed E-state index contributed by atoms with van der Waals surface area (Å²) in [4.78, 5) is 16.5. The van der Waals surface area contributed by atoms with Crippen LogP contribution in [0.5, 0.6) is 0 Å². The van der Waals surface area contributed by atoms with Crippen LogP contribution in [0.25, 0.3) is 0 Å². The molecule has 0 bridgehead atoms. The zero-order valence-corrected chi connectivity index (χ0v) is 24.5. The van der Waals surface area contributed by atoms with E-state index in [9.17, 15) is 44.3 Å². The maximum atomic E-state index is 14.2. The Morgan fingerprint density at radius 3 is 2.09 bits per heavy atom. The smallest absolute Gasteiger partial charge is 0.416 e. The van der Waals surface area contributed by atoms with Crippen LogP contribution in [0.4, 0.5) is 55.9 Å². The standard InChI is InChI=1S/C28H29F9N6O2/c1-5-17-11-20-22(7-6-8-42(25(44)45-15(2)3)23(20)13-21(17)28(35,36)37)43(24-38-40-41(4)39-24)14-16-9-18(26(29,30)31)12-19(10-16)27(32,33)34/h9-13,15,22H,5-8,14H2,1-4H3. The van der Waals surface area contributed by atoms with Gasteiger partial charge in [-0.2, -0.15) is 44.3 Å². The number of amides is 1. The van der Waals surface area contributed by atoms with Crippen molar-refractivity contribution >= 4 is 17.7 Å². The third-order valence-electron chi connectivity index (χ3n) is 7.14. The van der Waals surface area contributed by atoms with Gasteiger partial charge in [0.1, 0.15) is 0 Å². The molecule has 1 amide bonds. The topological polar surface area (TPSA) is 76.4 Å². The van der Waals surface area contributed by atoms with Gasteiger partial charge in [0.05, 0.1) is 41.6 Å². The lowest BCUT2D eigenvalue weighted by atomic mass is 9.93. The van der Waals surface area contributed by atoms with Crippen molar-refractivity contribution in [3.8, 4) is 0 Å². The molecule has 3 aromatic rings. The van der Waals surface area contributed by atoms with E-state index in [0.717, 1.165) is 15.8 Å². The van der Waals surface area contributed by atoms with Gasteiger partial charge in [-0.3, -0.25) is 4.90 Å². The van der Waals surface area contributed by atoms with Gasteiger partial charge in [-0.25, -0.2) is 4.79 Å². The number of alkyl halides is 9. The van der Waals surface area contributed by atoms with Gasteiger partial charge in [0.25, 0.3) is 5.95 Å². The summed E-state index contributed by atoms with van der Waals surface area (Å²) in [5.74, 6) is -0.199. The normalized spacial score (nSPS) is 16.0. The molecular weight excluding hydrogens is 623 g/mol. The van der Waals surface area contributed by atoms with Gasteiger partial charge in [-0.15, -0.1) is 5.10 Å². The van der Waals surface area contributed by atoms with E-state index in [0.29, 0.717) is 12.1 Å². The van der Waals surface area contributed by atoms with Gasteiger partial charge in [0, 0.05) is 13.1 Å². The van der Waals surface area contributed by atoms with Crippen molar-refractivity contribution in [1.29, 1.82) is 0 Å². The van der Waals surface area contributed by atoms with Crippen LogP contribution in [0.3, 0.4) is 0 Å². The summed E-state index contributed by atoms with van der Waals surface area (Å²) in [5.41, 5.74) is -4.61. The summed E-state index contributed by atoms with van der Waals surface area (Å²) in [5, 5.41) is 11.8. The Morgan fingerprint density at radius 2 is 1.60 bits per heavy atom. The lowest BCUT2D eigenvalue weighted by Crippen LogP contribution is -2.34. The number of tetrazole rings is 1. The summed E-state index contributed by atoms with van der Waals surface area (Å²) in [6.45, 7) is 3.93. The van der Waals surface area contributed by atoms with Gasteiger partial charge in [-0.1, -0.05) is 18.1 Å². The highest BCUT2D eigenvalue weighted by Gasteiger charge is 2.40. The van der Waals surface area contributed by atoms with E-state index >= 15 is 0 Å². The molecule has 0 aliphatic carbocycles. The number of anilines is 2. The minimum atomic E-state index is -5.11. The molecule has 1 unspecified atom stereocenters. The van der Waals surface area contributed by atoms with Gasteiger partial charge < -0.3 is 9.64 Å². The molecule has 2 aromatic carbocycles. The van der Waals surface area contributed by atoms with Crippen molar-refractivity contribution in [2.45, 2.75) is 77.3 Å². The summed E-state index contributed by atoms with van der Waals surface area (Å²) >= 11 is 0. The number of nitrogens with zero attached hydrogens (tertiary/aromatic N) is 6. The SMILES string of the molecule is CCc1cc2c(cc1C(F)(F)F)N(C(=O)OC(C)C)CCCC2N(Cc1cc(C(F)(F)F)cc(C(F)(F)F)c1)c1nnn(C)n1. The molecule has 0 saturated heterocycles. The van der Waals surface area contributed by atoms with E-state index in [1.807, 2.05) is 0 Å². The molecule has 8 nitrogen and oxygen atoms in total. The van der Waals surface area contributed by atoms with Gasteiger partial charge in [0.15, 0.2) is 0 Å². The van der Waals surface area contributed by atoms with Gasteiger partial charge in [-0.05, 0) is 79.3 Å². The molecule has 1 atom stereocenters. The number of fused-ring (bicyclic) bond motifs is 1. The number of hydrogen-bond acceptors (Lipinski definition) is 6. The molecule has 1 aliphatic rings. The van der Waals surface area contributed by atoms with Crippen LogP contribution >= 0.6 is 0 Å². The fourth-order valence-electron chi connectivity index (χ4n) is 5.22. The molecule has 0 fully saturated rings. The minimum Gasteiger partial charge on any atom is -0.446 e. The number of rotatable bonds is 6. The summed E-state index contributed by atoms with van der Waals surface area (Å²) < 4.78 is 130. The quantitative estimate of drug-likeness (QED) is 0.254. The molecule has 0 spiro atoms. The molecule has 17 heteroatoms. The predicted molar refractivity (Wildman–Crippen MR) is 143 cm³/mol. The van der Waals surface area contributed by atoms with Crippen molar-refractivity contribution in [3.63, 3.8) is 0 Å². The second kappa shape index (κ2) is 12.4. The fraction of sp³-hybridized carbons (Fsp3) is 0.500. The second-order valence-electron chi connectivity index (χ2n) is 10.8. The van der Waals surface area contributed by atoms with Crippen LogP contribution in [0.2, 0.25) is 0 Å². The van der Waals surface area contributed by atoms with Crippen molar-refractivity contribution in [2.24, 2.45) is 7.05 Å². The highest BCUT2D eigenvalue weighted by atomic mass is 19.4. The molecule has 2 heterocycles. The van der Waals surface area contributed by atoms with Crippen molar-refractivity contribution in [2.75, 3.05) is 16.3 Å². The minimum absolute atomic E-state index is 0.000231. The lowest BCUT2D eigenvalue weighted by molar-refractivity contribution is -0.143. The number of carbonyl (C=O) groups excluding carboxylic acids is 1. The number of ether oxygens (including phenoxy) is 1. The number of benzene rings is 2. The summed E-state index contributed by atoms with van der Waals surface area (Å²) in [7, 11) is 1.39. The number of aromatic nitrogens is 4.